The number of aromatic nitrogens is 1. The maximum Gasteiger partial charge on any atom is 0.203 e. The van der Waals surface area contributed by atoms with Crippen molar-refractivity contribution in [1.29, 1.82) is 0 Å². The molecule has 0 bridgehead atoms. The minimum Gasteiger partial charge on any atom is -0.452 e. The van der Waals surface area contributed by atoms with Gasteiger partial charge in [0.2, 0.25) is 5.36 Å². The molecule has 4 nitrogen and oxygen atoms in total. The largest absolute Gasteiger partial charge is 0.452 e. The second-order valence-electron chi connectivity index (χ2n) is 8.91. The van der Waals surface area contributed by atoms with E-state index in [1.807, 2.05) is 0 Å². The van der Waals surface area contributed by atoms with Gasteiger partial charge in [0.1, 0.15) is 24.3 Å². The van der Waals surface area contributed by atoms with Gasteiger partial charge in [-0.3, -0.25) is 0 Å². The molecule has 0 spiro atoms. The number of rotatable bonds is 13. The molecule has 0 fully saturated rings. The third-order valence-electron chi connectivity index (χ3n) is 6.20. The Balaban J connectivity index is 2.01. The van der Waals surface area contributed by atoms with Gasteiger partial charge in [0.15, 0.2) is 11.3 Å². The Kier molecular flexibility index (Phi) is 9.58. The Labute approximate surface area is 194 Å². The lowest BCUT2D eigenvalue weighted by Gasteiger charge is -2.24. The van der Waals surface area contributed by atoms with E-state index in [-0.39, 0.29) is 0 Å². The molecule has 1 aromatic rings. The van der Waals surface area contributed by atoms with Crippen molar-refractivity contribution in [2.75, 3.05) is 31.1 Å². The summed E-state index contributed by atoms with van der Waals surface area (Å²) in [6.45, 7) is 13.4. The molecule has 1 heterocycles. The smallest absolute Gasteiger partial charge is 0.203 e. The number of nitrogens with zero attached hydrogens (tertiary/aromatic N) is 3. The van der Waals surface area contributed by atoms with E-state index < -0.39 is 0 Å². The normalized spacial score (nSPS) is 11.4. The number of anilines is 1. The average Bonchev–Trinajstić information content (AvgIpc) is 2.82. The molecule has 1 aliphatic carbocycles. The molecule has 0 aromatic heterocycles. The quantitative estimate of drug-likeness (QED) is 0.220. The molecule has 2 aliphatic rings. The molecule has 174 valence electrons. The van der Waals surface area contributed by atoms with Crippen LogP contribution in [0.25, 0.3) is 22.6 Å². The van der Waals surface area contributed by atoms with Crippen LogP contribution >= 0.6 is 0 Å². The van der Waals surface area contributed by atoms with Gasteiger partial charge in [-0.05, 0) is 31.0 Å². The first kappa shape index (κ1) is 24.3. The molecule has 32 heavy (non-hydrogen) atoms. The molecule has 1 aromatic carbocycles. The maximum atomic E-state index is 6.43. The summed E-state index contributed by atoms with van der Waals surface area (Å²) in [4.78, 5) is 7.40. The van der Waals surface area contributed by atoms with Crippen LogP contribution < -0.4 is 14.8 Å². The second-order valence-corrected chi connectivity index (χ2v) is 8.91. The van der Waals surface area contributed by atoms with E-state index >= 15 is 0 Å². The summed E-state index contributed by atoms with van der Waals surface area (Å²) >= 11 is 0. The van der Waals surface area contributed by atoms with Gasteiger partial charge in [0, 0.05) is 43.8 Å². The van der Waals surface area contributed by atoms with Gasteiger partial charge in [-0.25, -0.2) is 9.56 Å². The maximum absolute atomic E-state index is 6.43. The van der Waals surface area contributed by atoms with Crippen LogP contribution in [0.2, 0.25) is 0 Å². The molecule has 0 N–H and O–H groups in total. The lowest BCUT2D eigenvalue weighted by molar-refractivity contribution is 0.523. The van der Waals surface area contributed by atoms with Gasteiger partial charge in [-0.2, -0.15) is 0 Å². The van der Waals surface area contributed by atoms with E-state index in [1.54, 1.807) is 0 Å². The highest BCUT2D eigenvalue weighted by molar-refractivity contribution is 5.80. The van der Waals surface area contributed by atoms with E-state index in [0.717, 1.165) is 48.7 Å². The van der Waals surface area contributed by atoms with E-state index in [2.05, 4.69) is 73.6 Å². The van der Waals surface area contributed by atoms with Crippen LogP contribution in [0, 0.1) is 0 Å². The van der Waals surface area contributed by atoms with Crippen LogP contribution in [0.1, 0.15) is 79.1 Å². The van der Waals surface area contributed by atoms with E-state index in [0.29, 0.717) is 0 Å². The summed E-state index contributed by atoms with van der Waals surface area (Å²) < 4.78 is 8.93. The monoisotopic (exact) mass is 436 g/mol. The van der Waals surface area contributed by atoms with Gasteiger partial charge in [0.25, 0.3) is 0 Å². The lowest BCUT2D eigenvalue weighted by Crippen LogP contribution is -2.31. The molecule has 1 aliphatic heterocycles. The number of benzene rings is 2. The fourth-order valence-electron chi connectivity index (χ4n) is 4.13. The highest BCUT2D eigenvalue weighted by atomic mass is 16.3. The number of hydrogen-bond acceptors (Lipinski definition) is 3. The van der Waals surface area contributed by atoms with Crippen molar-refractivity contribution in [2.45, 2.75) is 79.1 Å². The number of fused-ring (bicyclic) bond motifs is 2. The van der Waals surface area contributed by atoms with Crippen LogP contribution in [0.3, 0.4) is 0 Å². The van der Waals surface area contributed by atoms with Crippen LogP contribution in [-0.4, -0.2) is 31.2 Å². The van der Waals surface area contributed by atoms with Crippen LogP contribution in [0.4, 0.5) is 5.69 Å². The predicted octanol–water partition coefficient (Wildman–Crippen LogP) is 6.71. The third-order valence-corrected chi connectivity index (χ3v) is 6.20. The second kappa shape index (κ2) is 12.6. The van der Waals surface area contributed by atoms with Crippen LogP contribution in [0.5, 0.6) is 0 Å². The van der Waals surface area contributed by atoms with Crippen molar-refractivity contribution < 1.29 is 4.42 Å². The first-order valence-corrected chi connectivity index (χ1v) is 12.9. The topological polar surface area (TPSA) is 32.3 Å². The summed E-state index contributed by atoms with van der Waals surface area (Å²) in [5.74, 6) is 0.874. The Morgan fingerprint density at radius 1 is 0.781 bits per heavy atom. The van der Waals surface area contributed by atoms with Crippen molar-refractivity contribution in [3.8, 4) is 11.5 Å². The summed E-state index contributed by atoms with van der Waals surface area (Å²) in [5, 5.41) is 1.24. The number of unbranched alkanes of at least 4 members (excludes halogenated alkanes) is 4. The molecule has 0 saturated carbocycles. The highest BCUT2D eigenvalue weighted by Crippen LogP contribution is 2.27. The molecular weight excluding hydrogens is 394 g/mol. The van der Waals surface area contributed by atoms with Gasteiger partial charge in [-0.1, -0.05) is 53.4 Å². The molecule has 0 unspecified atom stereocenters. The van der Waals surface area contributed by atoms with E-state index in [9.17, 15) is 0 Å². The summed E-state index contributed by atoms with van der Waals surface area (Å²) in [6, 6.07) is 13.0. The standard InChI is InChI=1S/C28H42N3O/c1-5-9-17-30(18-10-6-2)23-13-15-25-27(21-23)32-28-22-24(14-16-26(28)29-25)31(19-11-7-3)20-12-8-4/h13-16,21-22H,5-12,17-20H2,1-4H3/q+1. The van der Waals surface area contributed by atoms with E-state index in [4.69, 9.17) is 9.40 Å². The van der Waals surface area contributed by atoms with Crippen molar-refractivity contribution >= 4 is 16.8 Å². The molecule has 0 saturated heterocycles. The van der Waals surface area contributed by atoms with Crippen LogP contribution in [0.15, 0.2) is 40.8 Å². The highest BCUT2D eigenvalue weighted by Gasteiger charge is 2.14. The first-order chi connectivity index (χ1) is 15.7. The Hall–Kier alpha value is -2.36. The summed E-state index contributed by atoms with van der Waals surface area (Å²) in [7, 11) is 0. The number of hydrogen-bond donors (Lipinski definition) is 0. The molecule has 0 radical (unpaired) electrons. The molecule has 0 atom stereocenters. The zero-order valence-electron chi connectivity index (χ0n) is 20.7. The zero-order valence-corrected chi connectivity index (χ0v) is 20.7. The fraction of sp³-hybridized carbons (Fsp3) is 0.571. The average molecular weight is 437 g/mol. The SMILES string of the molecule is CCCCN(CCCC)c1ccc2nc3ccc(=[N+](CCCC)CCCC)cc-3oc2c1. The Morgan fingerprint density at radius 2 is 1.44 bits per heavy atom. The zero-order chi connectivity index (χ0) is 22.8. The predicted molar refractivity (Wildman–Crippen MR) is 137 cm³/mol. The summed E-state index contributed by atoms with van der Waals surface area (Å²) in [5.41, 5.74) is 3.97. The minimum absolute atomic E-state index is 0.874. The van der Waals surface area contributed by atoms with Crippen molar-refractivity contribution in [2.24, 2.45) is 0 Å². The lowest BCUT2D eigenvalue weighted by atomic mass is 10.2. The molecule has 0 amide bonds. The minimum atomic E-state index is 0.874. The molecule has 3 rings (SSSR count). The van der Waals surface area contributed by atoms with Gasteiger partial charge < -0.3 is 9.32 Å². The molecule has 4 heteroatoms. The van der Waals surface area contributed by atoms with Crippen molar-refractivity contribution in [3.05, 3.63) is 41.8 Å². The van der Waals surface area contributed by atoms with Crippen molar-refractivity contribution in [3.63, 3.8) is 0 Å². The van der Waals surface area contributed by atoms with Gasteiger partial charge in [-0.15, -0.1) is 0 Å². The fourth-order valence-corrected chi connectivity index (χ4v) is 4.13. The summed E-state index contributed by atoms with van der Waals surface area (Å²) in [6.07, 6.45) is 9.69. The Morgan fingerprint density at radius 3 is 2.06 bits per heavy atom. The van der Waals surface area contributed by atoms with Gasteiger partial charge >= 0.3 is 0 Å². The third kappa shape index (κ3) is 6.34. The molecular formula is C28H42N3O+. The Bertz CT molecular complexity index is 989. The van der Waals surface area contributed by atoms with Crippen molar-refractivity contribution in [1.82, 2.24) is 9.56 Å². The van der Waals surface area contributed by atoms with E-state index in [1.165, 1.54) is 62.4 Å². The van der Waals surface area contributed by atoms with Crippen LogP contribution in [-0.2, 0) is 0 Å². The van der Waals surface area contributed by atoms with Gasteiger partial charge in [0.05, 0.1) is 6.07 Å². The first-order valence-electron chi connectivity index (χ1n) is 12.9.